The van der Waals surface area contributed by atoms with Gasteiger partial charge in [0.1, 0.15) is 5.78 Å². The largest absolute Gasteiger partial charge is 0.299 e. The first-order valence-corrected chi connectivity index (χ1v) is 6.10. The van der Waals surface area contributed by atoms with Gasteiger partial charge in [0.05, 0.1) is 6.20 Å². The molecular formula is C15H18N2O. The van der Waals surface area contributed by atoms with E-state index in [1.807, 2.05) is 19.3 Å². The molecule has 0 N–H and O–H groups in total. The number of aryl methyl sites for hydroxylation is 3. The molecule has 0 radical (unpaired) electrons. The molecule has 0 spiro atoms. The molecule has 1 aromatic carbocycles. The molecule has 0 aliphatic rings. The predicted octanol–water partition coefficient (Wildman–Crippen LogP) is 2.39. The topological polar surface area (TPSA) is 34.9 Å². The number of benzene rings is 1. The Morgan fingerprint density at radius 2 is 1.89 bits per heavy atom. The van der Waals surface area contributed by atoms with E-state index in [-0.39, 0.29) is 5.78 Å². The quantitative estimate of drug-likeness (QED) is 0.825. The fraction of sp³-hybridized carbons (Fsp3) is 0.333. The maximum atomic E-state index is 12.0. The third kappa shape index (κ3) is 3.06. The number of Topliss-reactive ketones (excluding diaryl/α,β-unsaturated/α-hetero) is 1. The lowest BCUT2D eigenvalue weighted by atomic mass is 10.0. The minimum Gasteiger partial charge on any atom is -0.299 e. The minimum atomic E-state index is 0.228. The van der Waals surface area contributed by atoms with Crippen molar-refractivity contribution in [1.29, 1.82) is 0 Å². The van der Waals surface area contributed by atoms with E-state index in [9.17, 15) is 4.79 Å². The van der Waals surface area contributed by atoms with Gasteiger partial charge < -0.3 is 0 Å². The van der Waals surface area contributed by atoms with Gasteiger partial charge >= 0.3 is 0 Å². The molecule has 0 aliphatic heterocycles. The standard InChI is InChI=1S/C15H18N2O/c1-11-4-5-13(6-12(11)2)7-15(18)8-14-9-16-17(3)10-14/h4-6,9-10H,7-8H2,1-3H3. The molecule has 0 amide bonds. The average molecular weight is 242 g/mol. The van der Waals surface area contributed by atoms with Crippen molar-refractivity contribution >= 4 is 5.78 Å². The molecule has 94 valence electrons. The van der Waals surface area contributed by atoms with Gasteiger partial charge in [-0.2, -0.15) is 5.10 Å². The smallest absolute Gasteiger partial charge is 0.141 e. The summed E-state index contributed by atoms with van der Waals surface area (Å²) in [5, 5.41) is 4.07. The van der Waals surface area contributed by atoms with Gasteiger partial charge in [0, 0.05) is 26.1 Å². The Bertz CT molecular complexity index is 570. The van der Waals surface area contributed by atoms with Crippen LogP contribution in [0.25, 0.3) is 0 Å². The molecule has 0 atom stereocenters. The molecule has 2 aromatic rings. The number of rotatable bonds is 4. The van der Waals surface area contributed by atoms with Gasteiger partial charge in [-0.3, -0.25) is 9.48 Å². The van der Waals surface area contributed by atoms with E-state index in [0.717, 1.165) is 11.1 Å². The van der Waals surface area contributed by atoms with E-state index >= 15 is 0 Å². The zero-order valence-corrected chi connectivity index (χ0v) is 11.1. The summed E-state index contributed by atoms with van der Waals surface area (Å²) < 4.78 is 1.72. The Balaban J connectivity index is 2.00. The van der Waals surface area contributed by atoms with Crippen molar-refractivity contribution in [3.05, 3.63) is 52.8 Å². The van der Waals surface area contributed by atoms with Crippen molar-refractivity contribution in [2.75, 3.05) is 0 Å². The number of nitrogens with zero attached hydrogens (tertiary/aromatic N) is 2. The van der Waals surface area contributed by atoms with Crippen LogP contribution in [0, 0.1) is 13.8 Å². The highest BCUT2D eigenvalue weighted by Gasteiger charge is 2.07. The van der Waals surface area contributed by atoms with Crippen LogP contribution < -0.4 is 0 Å². The second-order valence-corrected chi connectivity index (χ2v) is 4.83. The Morgan fingerprint density at radius 3 is 2.50 bits per heavy atom. The van der Waals surface area contributed by atoms with Crippen LogP contribution in [0.4, 0.5) is 0 Å². The van der Waals surface area contributed by atoms with E-state index in [4.69, 9.17) is 0 Å². The van der Waals surface area contributed by atoms with Crippen molar-refractivity contribution in [3.8, 4) is 0 Å². The summed E-state index contributed by atoms with van der Waals surface area (Å²) >= 11 is 0. The number of hydrogen-bond donors (Lipinski definition) is 0. The molecule has 0 fully saturated rings. The normalized spacial score (nSPS) is 10.6. The van der Waals surface area contributed by atoms with Crippen LogP contribution in [0.5, 0.6) is 0 Å². The maximum absolute atomic E-state index is 12.0. The molecule has 0 aliphatic carbocycles. The predicted molar refractivity (Wildman–Crippen MR) is 71.5 cm³/mol. The lowest BCUT2D eigenvalue weighted by Gasteiger charge is -2.04. The monoisotopic (exact) mass is 242 g/mol. The lowest BCUT2D eigenvalue weighted by Crippen LogP contribution is -2.06. The van der Waals surface area contributed by atoms with Crippen molar-refractivity contribution in [2.45, 2.75) is 26.7 Å². The third-order valence-electron chi connectivity index (χ3n) is 3.13. The summed E-state index contributed by atoms with van der Waals surface area (Å²) in [6, 6.07) is 6.20. The van der Waals surface area contributed by atoms with Crippen LogP contribution in [0.1, 0.15) is 22.3 Å². The molecule has 0 unspecified atom stereocenters. The van der Waals surface area contributed by atoms with Gasteiger partial charge in [-0.25, -0.2) is 0 Å². The van der Waals surface area contributed by atoms with Gasteiger partial charge in [0.25, 0.3) is 0 Å². The van der Waals surface area contributed by atoms with Gasteiger partial charge in [-0.15, -0.1) is 0 Å². The molecule has 3 nitrogen and oxygen atoms in total. The first-order chi connectivity index (χ1) is 8.54. The van der Waals surface area contributed by atoms with Crippen molar-refractivity contribution in [2.24, 2.45) is 7.05 Å². The van der Waals surface area contributed by atoms with Crippen LogP contribution in [-0.2, 0) is 24.7 Å². The number of carbonyl (C=O) groups excluding carboxylic acids is 1. The molecule has 18 heavy (non-hydrogen) atoms. The zero-order valence-electron chi connectivity index (χ0n) is 11.1. The summed E-state index contributed by atoms with van der Waals surface area (Å²) in [5.74, 6) is 0.228. The molecule has 1 aromatic heterocycles. The molecule has 0 saturated heterocycles. The van der Waals surface area contributed by atoms with E-state index in [1.54, 1.807) is 10.9 Å². The number of hydrogen-bond acceptors (Lipinski definition) is 2. The highest BCUT2D eigenvalue weighted by Crippen LogP contribution is 2.11. The Kier molecular flexibility index (Phi) is 3.60. The second-order valence-electron chi connectivity index (χ2n) is 4.83. The lowest BCUT2D eigenvalue weighted by molar-refractivity contribution is -0.117. The number of aromatic nitrogens is 2. The van der Waals surface area contributed by atoms with Crippen LogP contribution in [0.15, 0.2) is 30.6 Å². The average Bonchev–Trinajstić information content (AvgIpc) is 2.69. The molecular weight excluding hydrogens is 224 g/mol. The SMILES string of the molecule is Cc1ccc(CC(=O)Cc2cnn(C)c2)cc1C. The molecule has 0 saturated carbocycles. The molecule has 2 rings (SSSR count). The van der Waals surface area contributed by atoms with Gasteiger partial charge in [-0.1, -0.05) is 18.2 Å². The van der Waals surface area contributed by atoms with Crippen molar-refractivity contribution < 1.29 is 4.79 Å². The van der Waals surface area contributed by atoms with Crippen LogP contribution in [0.3, 0.4) is 0 Å². The molecule has 0 bridgehead atoms. The molecule has 3 heteroatoms. The first-order valence-electron chi connectivity index (χ1n) is 6.10. The van der Waals surface area contributed by atoms with Gasteiger partial charge in [0.2, 0.25) is 0 Å². The summed E-state index contributed by atoms with van der Waals surface area (Å²) in [5.41, 5.74) is 4.57. The summed E-state index contributed by atoms with van der Waals surface area (Å²) in [4.78, 5) is 12.0. The van der Waals surface area contributed by atoms with Crippen molar-refractivity contribution in [3.63, 3.8) is 0 Å². The molecule has 1 heterocycles. The van der Waals surface area contributed by atoms with E-state index < -0.39 is 0 Å². The van der Waals surface area contributed by atoms with Gasteiger partial charge in [0.15, 0.2) is 0 Å². The van der Waals surface area contributed by atoms with Crippen LogP contribution in [0.2, 0.25) is 0 Å². The first kappa shape index (κ1) is 12.6. The maximum Gasteiger partial charge on any atom is 0.141 e. The van der Waals surface area contributed by atoms with Gasteiger partial charge in [-0.05, 0) is 36.1 Å². The highest BCUT2D eigenvalue weighted by atomic mass is 16.1. The van der Waals surface area contributed by atoms with E-state index in [0.29, 0.717) is 12.8 Å². The summed E-state index contributed by atoms with van der Waals surface area (Å²) in [7, 11) is 1.86. The summed E-state index contributed by atoms with van der Waals surface area (Å²) in [6.45, 7) is 4.15. The Morgan fingerprint density at radius 1 is 1.17 bits per heavy atom. The fourth-order valence-corrected chi connectivity index (χ4v) is 1.99. The Labute approximate surface area is 107 Å². The number of ketones is 1. The van der Waals surface area contributed by atoms with E-state index in [1.165, 1.54) is 11.1 Å². The van der Waals surface area contributed by atoms with E-state index in [2.05, 4.69) is 31.1 Å². The summed E-state index contributed by atoms with van der Waals surface area (Å²) in [6.07, 6.45) is 4.59. The van der Waals surface area contributed by atoms with Crippen LogP contribution in [-0.4, -0.2) is 15.6 Å². The fourth-order valence-electron chi connectivity index (χ4n) is 1.99. The Hall–Kier alpha value is -1.90. The highest BCUT2D eigenvalue weighted by molar-refractivity contribution is 5.83. The zero-order chi connectivity index (χ0) is 13.1. The second kappa shape index (κ2) is 5.17. The number of carbonyl (C=O) groups is 1. The minimum absolute atomic E-state index is 0.228. The van der Waals surface area contributed by atoms with Crippen LogP contribution >= 0.6 is 0 Å². The van der Waals surface area contributed by atoms with Crippen molar-refractivity contribution in [1.82, 2.24) is 9.78 Å². The third-order valence-corrected chi connectivity index (χ3v) is 3.13.